The van der Waals surface area contributed by atoms with Gasteiger partial charge in [-0.25, -0.2) is 0 Å². The van der Waals surface area contributed by atoms with E-state index in [0.29, 0.717) is 0 Å². The second-order valence-corrected chi connectivity index (χ2v) is 4.79. The molecule has 2 N–H and O–H groups in total. The van der Waals surface area contributed by atoms with Crippen molar-refractivity contribution in [3.05, 3.63) is 52.6 Å². The molecule has 2 aromatic rings. The lowest BCUT2D eigenvalue weighted by Crippen LogP contribution is -1.98. The highest BCUT2D eigenvalue weighted by atomic mass is 14.6. The maximum absolute atomic E-state index is 6.12. The Morgan fingerprint density at radius 3 is 2.00 bits per heavy atom. The zero-order valence-corrected chi connectivity index (χ0v) is 11.0. The lowest BCUT2D eigenvalue weighted by Gasteiger charge is -2.15. The van der Waals surface area contributed by atoms with Crippen molar-refractivity contribution in [1.82, 2.24) is 0 Å². The zero-order valence-electron chi connectivity index (χ0n) is 11.0. The molecule has 0 bridgehead atoms. The topological polar surface area (TPSA) is 26.0 Å². The molecule has 2 rings (SSSR count). The van der Waals surface area contributed by atoms with E-state index in [1.165, 1.54) is 27.8 Å². The monoisotopic (exact) mass is 225 g/mol. The number of hydrogen-bond donors (Lipinski definition) is 1. The van der Waals surface area contributed by atoms with Crippen molar-refractivity contribution in [2.45, 2.75) is 27.7 Å². The average molecular weight is 225 g/mol. The summed E-state index contributed by atoms with van der Waals surface area (Å²) in [5.41, 5.74) is 14.5. The number of nitrogen functional groups attached to an aromatic ring is 1. The number of rotatable bonds is 1. The van der Waals surface area contributed by atoms with Crippen LogP contribution in [-0.4, -0.2) is 0 Å². The van der Waals surface area contributed by atoms with Crippen LogP contribution in [0.4, 0.5) is 5.69 Å². The lowest BCUT2D eigenvalue weighted by molar-refractivity contribution is 1.32. The Hall–Kier alpha value is -1.76. The molecule has 0 radical (unpaired) electrons. The molecule has 17 heavy (non-hydrogen) atoms. The van der Waals surface area contributed by atoms with Crippen LogP contribution in [0, 0.1) is 27.7 Å². The number of anilines is 1. The molecule has 0 aliphatic carbocycles. The van der Waals surface area contributed by atoms with Gasteiger partial charge in [-0.2, -0.15) is 0 Å². The van der Waals surface area contributed by atoms with Crippen LogP contribution in [0.2, 0.25) is 0 Å². The number of nitrogens with two attached hydrogens (primary N) is 1. The van der Waals surface area contributed by atoms with Gasteiger partial charge in [-0.15, -0.1) is 0 Å². The van der Waals surface area contributed by atoms with Crippen molar-refractivity contribution >= 4 is 5.69 Å². The van der Waals surface area contributed by atoms with Crippen LogP contribution in [0.3, 0.4) is 0 Å². The normalized spacial score (nSPS) is 10.6. The fourth-order valence-electron chi connectivity index (χ4n) is 2.37. The standard InChI is InChI=1S/C16H19N/c1-10-5-7-14(8-6-10)15-11(2)9-12(3)16(17)13(15)4/h5-9H,17H2,1-4H3. The van der Waals surface area contributed by atoms with Gasteiger partial charge < -0.3 is 5.73 Å². The second-order valence-electron chi connectivity index (χ2n) is 4.79. The summed E-state index contributed by atoms with van der Waals surface area (Å²) in [7, 11) is 0. The summed E-state index contributed by atoms with van der Waals surface area (Å²) in [4.78, 5) is 0. The molecule has 0 fully saturated rings. The van der Waals surface area contributed by atoms with Gasteiger partial charge in [0.1, 0.15) is 0 Å². The first-order valence-corrected chi connectivity index (χ1v) is 5.94. The zero-order chi connectivity index (χ0) is 12.6. The molecular formula is C16H19N. The minimum atomic E-state index is 0.908. The third kappa shape index (κ3) is 2.05. The molecule has 0 spiro atoms. The fourth-order valence-corrected chi connectivity index (χ4v) is 2.37. The molecule has 0 atom stereocenters. The third-order valence-electron chi connectivity index (χ3n) is 3.37. The number of aryl methyl sites for hydroxylation is 3. The van der Waals surface area contributed by atoms with Gasteiger partial charge in [0.05, 0.1) is 0 Å². The molecule has 0 aromatic heterocycles. The van der Waals surface area contributed by atoms with Crippen LogP contribution in [0.25, 0.3) is 11.1 Å². The summed E-state index contributed by atoms with van der Waals surface area (Å²) in [6, 6.07) is 10.8. The Labute approximate surface area is 103 Å². The van der Waals surface area contributed by atoms with Crippen molar-refractivity contribution in [2.75, 3.05) is 5.73 Å². The van der Waals surface area contributed by atoms with Crippen LogP contribution < -0.4 is 5.73 Å². The van der Waals surface area contributed by atoms with Crippen LogP contribution >= 0.6 is 0 Å². The molecule has 0 saturated carbocycles. The fraction of sp³-hybridized carbons (Fsp3) is 0.250. The van der Waals surface area contributed by atoms with E-state index in [4.69, 9.17) is 5.73 Å². The van der Waals surface area contributed by atoms with Crippen LogP contribution in [0.15, 0.2) is 30.3 Å². The minimum absolute atomic E-state index is 0.908. The summed E-state index contributed by atoms with van der Waals surface area (Å²) >= 11 is 0. The van der Waals surface area contributed by atoms with Gasteiger partial charge in [0.25, 0.3) is 0 Å². The lowest BCUT2D eigenvalue weighted by atomic mass is 9.92. The van der Waals surface area contributed by atoms with Gasteiger partial charge in [-0.1, -0.05) is 35.9 Å². The van der Waals surface area contributed by atoms with Crippen LogP contribution in [0.1, 0.15) is 22.3 Å². The predicted octanol–water partition coefficient (Wildman–Crippen LogP) is 4.17. The van der Waals surface area contributed by atoms with Crippen molar-refractivity contribution in [3.8, 4) is 11.1 Å². The van der Waals surface area contributed by atoms with Crippen molar-refractivity contribution in [1.29, 1.82) is 0 Å². The maximum Gasteiger partial charge on any atom is 0.0379 e. The number of benzene rings is 2. The van der Waals surface area contributed by atoms with Crippen molar-refractivity contribution in [3.63, 3.8) is 0 Å². The van der Waals surface area contributed by atoms with Gasteiger partial charge in [0.2, 0.25) is 0 Å². The Morgan fingerprint density at radius 1 is 0.824 bits per heavy atom. The van der Waals surface area contributed by atoms with Crippen LogP contribution in [0.5, 0.6) is 0 Å². The first kappa shape index (κ1) is 11.7. The highest BCUT2D eigenvalue weighted by Crippen LogP contribution is 2.32. The second kappa shape index (κ2) is 4.25. The molecular weight excluding hydrogens is 206 g/mol. The van der Waals surface area contributed by atoms with E-state index in [-0.39, 0.29) is 0 Å². The Kier molecular flexibility index (Phi) is 2.93. The Morgan fingerprint density at radius 2 is 1.41 bits per heavy atom. The first-order valence-electron chi connectivity index (χ1n) is 5.94. The molecule has 0 saturated heterocycles. The average Bonchev–Trinajstić information content (AvgIpc) is 2.29. The summed E-state index contributed by atoms with van der Waals surface area (Å²) in [5.74, 6) is 0. The maximum atomic E-state index is 6.12. The van der Waals surface area contributed by atoms with E-state index in [0.717, 1.165) is 11.3 Å². The Bertz CT molecular complexity index is 551. The molecule has 2 aromatic carbocycles. The third-order valence-corrected chi connectivity index (χ3v) is 3.37. The SMILES string of the molecule is Cc1ccc(-c2c(C)cc(C)c(N)c2C)cc1. The summed E-state index contributed by atoms with van der Waals surface area (Å²) in [5, 5.41) is 0. The van der Waals surface area contributed by atoms with Crippen molar-refractivity contribution in [2.24, 2.45) is 0 Å². The highest BCUT2D eigenvalue weighted by molar-refractivity contribution is 5.77. The first-order chi connectivity index (χ1) is 8.00. The highest BCUT2D eigenvalue weighted by Gasteiger charge is 2.10. The quantitative estimate of drug-likeness (QED) is 0.724. The van der Waals surface area contributed by atoms with Gasteiger partial charge >= 0.3 is 0 Å². The van der Waals surface area contributed by atoms with Crippen LogP contribution in [-0.2, 0) is 0 Å². The predicted molar refractivity (Wildman–Crippen MR) is 75.2 cm³/mol. The van der Waals surface area contributed by atoms with E-state index in [1.807, 2.05) is 0 Å². The molecule has 88 valence electrons. The minimum Gasteiger partial charge on any atom is -0.398 e. The Balaban J connectivity index is 2.67. The van der Waals surface area contributed by atoms with Gasteiger partial charge in [-0.3, -0.25) is 0 Å². The van der Waals surface area contributed by atoms with E-state index >= 15 is 0 Å². The smallest absolute Gasteiger partial charge is 0.0379 e. The summed E-state index contributed by atoms with van der Waals surface area (Å²) in [6.45, 7) is 8.42. The van der Waals surface area contributed by atoms with Gasteiger partial charge in [0, 0.05) is 5.69 Å². The molecule has 0 unspecified atom stereocenters. The van der Waals surface area contributed by atoms with Gasteiger partial charge in [0.15, 0.2) is 0 Å². The molecule has 0 amide bonds. The van der Waals surface area contributed by atoms with E-state index in [1.54, 1.807) is 0 Å². The number of hydrogen-bond acceptors (Lipinski definition) is 1. The van der Waals surface area contributed by atoms with E-state index in [9.17, 15) is 0 Å². The summed E-state index contributed by atoms with van der Waals surface area (Å²) in [6.07, 6.45) is 0. The van der Waals surface area contributed by atoms with Gasteiger partial charge in [-0.05, 0) is 55.5 Å². The molecule has 1 heteroatoms. The molecule has 0 aliphatic rings. The largest absolute Gasteiger partial charge is 0.398 e. The molecule has 1 nitrogen and oxygen atoms in total. The molecule has 0 aliphatic heterocycles. The van der Waals surface area contributed by atoms with E-state index in [2.05, 4.69) is 58.0 Å². The summed E-state index contributed by atoms with van der Waals surface area (Å²) < 4.78 is 0. The van der Waals surface area contributed by atoms with E-state index < -0.39 is 0 Å². The molecule has 0 heterocycles. The van der Waals surface area contributed by atoms with Crippen molar-refractivity contribution < 1.29 is 0 Å².